The molecule has 0 saturated heterocycles. The van der Waals surface area contributed by atoms with Gasteiger partial charge in [0.2, 0.25) is 0 Å². The minimum absolute atomic E-state index is 0.368. The molecule has 0 amide bonds. The summed E-state index contributed by atoms with van der Waals surface area (Å²) in [7, 11) is 0. The first kappa shape index (κ1) is 48.5. The predicted molar refractivity (Wildman–Crippen MR) is 295 cm³/mol. The Bertz CT molecular complexity index is 3960. The highest BCUT2D eigenvalue weighted by atomic mass is 19.4. The van der Waals surface area contributed by atoms with Crippen molar-refractivity contribution < 1.29 is 26.3 Å². The molecule has 0 radical (unpaired) electrons. The minimum atomic E-state index is -4.58. The van der Waals surface area contributed by atoms with Crippen LogP contribution in [0.15, 0.2) is 224 Å². The van der Waals surface area contributed by atoms with Gasteiger partial charge in [-0.05, 0) is 120 Å². The SMILES string of the molecule is Cc1cc(-c2ccc3c(c2)c2cc(-c4cc(C)cc(C(F)(F)F)c4)ccc2n3-c2ccc(-c3cc(-c4ccccc4)nc(-c4ccccc4)n3)cc2-c2cc(-c3ccccc3)nc(-c3ccccc3)n2)cc(C(F)(F)F)c1. The Kier molecular flexibility index (Phi) is 12.2. The standard InChI is InChI=1S/C66H43F6N5/c1-40-29-49(33-51(31-40)65(67,68)69)46-23-26-60-53(35-46)54-36-47(50-30-41(2)32-52(34-50)66(70,71)72)24-27-61(54)77(60)62-28-25-48(58-38-56(42-15-7-3-8-16-42)73-63(75-58)44-19-11-5-12-20-44)37-55(62)59-39-57(43-17-9-4-10-18-43)74-64(76-59)45-21-13-6-14-22-45/h3-39H,1-2H3. The molecule has 0 saturated carbocycles. The Morgan fingerprint density at radius 1 is 0.312 bits per heavy atom. The van der Waals surface area contributed by atoms with Crippen LogP contribution in [0.25, 0.3) is 118 Å². The molecule has 11 heteroatoms. The second-order valence-electron chi connectivity index (χ2n) is 19.1. The molecule has 0 N–H and O–H groups in total. The number of hydrogen-bond acceptors (Lipinski definition) is 4. The van der Waals surface area contributed by atoms with Crippen molar-refractivity contribution in [2.24, 2.45) is 0 Å². The van der Waals surface area contributed by atoms with Crippen LogP contribution in [0.1, 0.15) is 22.3 Å². The molecular formula is C66H43F6N5. The van der Waals surface area contributed by atoms with Gasteiger partial charge in [0.25, 0.3) is 0 Å². The number of aromatic nitrogens is 5. The van der Waals surface area contributed by atoms with E-state index < -0.39 is 23.5 Å². The average Bonchev–Trinajstić information content (AvgIpc) is 3.99. The first-order valence-corrected chi connectivity index (χ1v) is 24.8. The quantitative estimate of drug-likeness (QED) is 0.135. The number of aryl methyl sites for hydroxylation is 2. The van der Waals surface area contributed by atoms with E-state index in [9.17, 15) is 26.3 Å². The molecule has 3 heterocycles. The summed E-state index contributed by atoms with van der Waals surface area (Å²) in [6.07, 6.45) is -9.16. The Labute approximate surface area is 439 Å². The van der Waals surface area contributed by atoms with Crippen molar-refractivity contribution >= 4 is 21.8 Å². The third-order valence-corrected chi connectivity index (χ3v) is 13.7. The second-order valence-corrected chi connectivity index (χ2v) is 19.1. The van der Waals surface area contributed by atoms with Crippen molar-refractivity contribution in [3.63, 3.8) is 0 Å². The van der Waals surface area contributed by atoms with Crippen LogP contribution in [-0.2, 0) is 12.4 Å². The van der Waals surface area contributed by atoms with Crippen molar-refractivity contribution in [3.05, 3.63) is 247 Å². The smallest absolute Gasteiger partial charge is 0.309 e. The van der Waals surface area contributed by atoms with E-state index >= 15 is 0 Å². The Morgan fingerprint density at radius 2 is 0.688 bits per heavy atom. The fourth-order valence-corrected chi connectivity index (χ4v) is 10.1. The maximum atomic E-state index is 14.3. The van der Waals surface area contributed by atoms with Crippen LogP contribution >= 0.6 is 0 Å². The van der Waals surface area contributed by atoms with Gasteiger partial charge >= 0.3 is 12.4 Å². The lowest BCUT2D eigenvalue weighted by Crippen LogP contribution is -2.05. The van der Waals surface area contributed by atoms with Crippen molar-refractivity contribution in [2.45, 2.75) is 26.2 Å². The Morgan fingerprint density at radius 3 is 1.12 bits per heavy atom. The van der Waals surface area contributed by atoms with Gasteiger partial charge in [-0.1, -0.05) is 152 Å². The van der Waals surface area contributed by atoms with Gasteiger partial charge in [0.15, 0.2) is 11.6 Å². The van der Waals surface area contributed by atoms with Gasteiger partial charge in [0, 0.05) is 44.2 Å². The largest absolute Gasteiger partial charge is 0.416 e. The topological polar surface area (TPSA) is 56.5 Å². The van der Waals surface area contributed by atoms with Gasteiger partial charge in [0.1, 0.15) is 0 Å². The van der Waals surface area contributed by atoms with E-state index in [1.165, 1.54) is 0 Å². The van der Waals surface area contributed by atoms with Crippen molar-refractivity contribution in [1.82, 2.24) is 24.5 Å². The van der Waals surface area contributed by atoms with Gasteiger partial charge < -0.3 is 4.57 Å². The molecule has 3 aromatic heterocycles. The number of alkyl halides is 6. The molecule has 0 unspecified atom stereocenters. The molecule has 374 valence electrons. The highest BCUT2D eigenvalue weighted by Gasteiger charge is 2.32. The van der Waals surface area contributed by atoms with E-state index in [-0.39, 0.29) is 0 Å². The molecule has 0 aliphatic heterocycles. The zero-order chi connectivity index (χ0) is 53.0. The van der Waals surface area contributed by atoms with Crippen LogP contribution in [0.2, 0.25) is 0 Å². The lowest BCUT2D eigenvalue weighted by Gasteiger charge is -2.17. The summed E-state index contributed by atoms with van der Waals surface area (Å²) in [5.41, 5.74) is 10.7. The van der Waals surface area contributed by atoms with E-state index in [1.54, 1.807) is 38.1 Å². The average molecular weight is 1020 g/mol. The van der Waals surface area contributed by atoms with Gasteiger partial charge in [-0.2, -0.15) is 26.3 Å². The lowest BCUT2D eigenvalue weighted by atomic mass is 9.96. The normalized spacial score (nSPS) is 11.9. The van der Waals surface area contributed by atoms with Crippen molar-refractivity contribution in [3.8, 4) is 95.7 Å². The van der Waals surface area contributed by atoms with E-state index in [4.69, 9.17) is 19.9 Å². The summed E-state index contributed by atoms with van der Waals surface area (Å²) >= 11 is 0. The number of hydrogen-bond donors (Lipinski definition) is 0. The van der Waals surface area contributed by atoms with Crippen LogP contribution in [0.4, 0.5) is 26.3 Å². The number of fused-ring (bicyclic) bond motifs is 3. The van der Waals surface area contributed by atoms with Crippen molar-refractivity contribution in [1.29, 1.82) is 0 Å². The maximum absolute atomic E-state index is 14.3. The van der Waals surface area contributed by atoms with Gasteiger partial charge in [-0.15, -0.1) is 0 Å². The number of nitrogens with zero attached hydrogens (tertiary/aromatic N) is 5. The van der Waals surface area contributed by atoms with Gasteiger partial charge in [-0.25, -0.2) is 19.9 Å². The van der Waals surface area contributed by atoms with Crippen LogP contribution in [0, 0.1) is 13.8 Å². The first-order valence-electron chi connectivity index (χ1n) is 24.8. The summed E-state index contributed by atoms with van der Waals surface area (Å²) < 4.78 is 88.0. The summed E-state index contributed by atoms with van der Waals surface area (Å²) in [5.74, 6) is 1.02. The molecule has 0 aliphatic rings. The molecule has 0 bridgehead atoms. The van der Waals surface area contributed by atoms with Crippen molar-refractivity contribution in [2.75, 3.05) is 0 Å². The molecule has 77 heavy (non-hydrogen) atoms. The monoisotopic (exact) mass is 1020 g/mol. The second kappa shape index (κ2) is 19.3. The summed E-state index contributed by atoms with van der Waals surface area (Å²) in [6.45, 7) is 3.26. The molecule has 0 spiro atoms. The highest BCUT2D eigenvalue weighted by Crippen LogP contribution is 2.43. The third-order valence-electron chi connectivity index (χ3n) is 13.7. The van der Waals surface area contributed by atoms with Crippen LogP contribution in [-0.4, -0.2) is 24.5 Å². The molecule has 5 nitrogen and oxygen atoms in total. The molecule has 9 aromatic carbocycles. The number of rotatable bonds is 9. The molecule has 0 fully saturated rings. The van der Waals surface area contributed by atoms with Crippen LogP contribution < -0.4 is 0 Å². The molecular weight excluding hydrogens is 977 g/mol. The lowest BCUT2D eigenvalue weighted by molar-refractivity contribution is -0.138. The highest BCUT2D eigenvalue weighted by molar-refractivity contribution is 6.12. The van der Waals surface area contributed by atoms with E-state index in [2.05, 4.69) is 10.6 Å². The number of benzene rings is 9. The molecule has 12 rings (SSSR count). The van der Waals surface area contributed by atoms with Crippen LogP contribution in [0.3, 0.4) is 0 Å². The van der Waals surface area contributed by atoms with Gasteiger partial charge in [0.05, 0.1) is 50.6 Å². The maximum Gasteiger partial charge on any atom is 0.416 e. The van der Waals surface area contributed by atoms with E-state index in [1.807, 2.05) is 170 Å². The minimum Gasteiger partial charge on any atom is -0.309 e. The van der Waals surface area contributed by atoms with E-state index in [0.717, 1.165) is 57.8 Å². The summed E-state index contributed by atoms with van der Waals surface area (Å²) in [5, 5.41) is 1.34. The molecule has 0 aliphatic carbocycles. The van der Waals surface area contributed by atoms with E-state index in [0.29, 0.717) is 95.2 Å². The summed E-state index contributed by atoms with van der Waals surface area (Å²) in [4.78, 5) is 20.7. The Hall–Kier alpha value is -9.48. The summed E-state index contributed by atoms with van der Waals surface area (Å²) in [6, 6.07) is 68.3. The third kappa shape index (κ3) is 9.64. The zero-order valence-corrected chi connectivity index (χ0v) is 41.4. The zero-order valence-electron chi connectivity index (χ0n) is 41.4. The fraction of sp³-hybridized carbons (Fsp3) is 0.0606. The Balaban J connectivity index is 1.15. The predicted octanol–water partition coefficient (Wildman–Crippen LogP) is 18.4. The van der Waals surface area contributed by atoms with Gasteiger partial charge in [-0.3, -0.25) is 0 Å². The molecule has 12 aromatic rings. The first-order chi connectivity index (χ1) is 37.2. The number of halogens is 6. The van der Waals surface area contributed by atoms with Crippen LogP contribution in [0.5, 0.6) is 0 Å². The fourth-order valence-electron chi connectivity index (χ4n) is 10.1. The molecule has 0 atom stereocenters.